The summed E-state index contributed by atoms with van der Waals surface area (Å²) in [5.41, 5.74) is 1.47. The molecule has 0 saturated carbocycles. The molecule has 3 rings (SSSR count). The molecule has 3 aromatic rings. The lowest BCUT2D eigenvalue weighted by Crippen LogP contribution is -1.96. The van der Waals surface area contributed by atoms with E-state index in [0.29, 0.717) is 17.3 Å². The molecule has 0 aliphatic carbocycles. The van der Waals surface area contributed by atoms with Crippen LogP contribution < -0.4 is 9.47 Å². The SMILES string of the molecule is COc1ccc(-c2nc(COc3ccc([N+](=O)[O-])cc3)co2)cc1. The molecule has 0 spiro atoms. The van der Waals surface area contributed by atoms with Crippen LogP contribution in [0.15, 0.2) is 59.2 Å². The van der Waals surface area contributed by atoms with E-state index in [1.165, 1.54) is 18.4 Å². The van der Waals surface area contributed by atoms with Gasteiger partial charge in [-0.3, -0.25) is 10.1 Å². The first kappa shape index (κ1) is 15.5. The number of ether oxygens (including phenoxy) is 2. The van der Waals surface area contributed by atoms with E-state index >= 15 is 0 Å². The second kappa shape index (κ2) is 6.82. The molecule has 0 aliphatic rings. The molecule has 7 nitrogen and oxygen atoms in total. The average Bonchev–Trinajstić information content (AvgIpc) is 3.09. The van der Waals surface area contributed by atoms with Crippen molar-refractivity contribution >= 4 is 5.69 Å². The molecular weight excluding hydrogens is 312 g/mol. The first-order valence-corrected chi connectivity index (χ1v) is 7.12. The minimum Gasteiger partial charge on any atom is -0.497 e. The van der Waals surface area contributed by atoms with Gasteiger partial charge in [0.05, 0.1) is 12.0 Å². The van der Waals surface area contributed by atoms with E-state index in [-0.39, 0.29) is 12.3 Å². The van der Waals surface area contributed by atoms with E-state index < -0.39 is 4.92 Å². The number of nitro groups is 1. The van der Waals surface area contributed by atoms with Gasteiger partial charge in [-0.2, -0.15) is 0 Å². The van der Waals surface area contributed by atoms with E-state index in [4.69, 9.17) is 13.9 Å². The first-order chi connectivity index (χ1) is 11.7. The number of hydrogen-bond donors (Lipinski definition) is 0. The van der Waals surface area contributed by atoms with Gasteiger partial charge in [-0.25, -0.2) is 4.98 Å². The van der Waals surface area contributed by atoms with Crippen molar-refractivity contribution in [1.82, 2.24) is 4.98 Å². The molecule has 0 unspecified atom stereocenters. The molecule has 0 saturated heterocycles. The molecule has 122 valence electrons. The van der Waals surface area contributed by atoms with Crippen molar-refractivity contribution in [1.29, 1.82) is 0 Å². The molecule has 1 heterocycles. The van der Waals surface area contributed by atoms with Crippen molar-refractivity contribution in [3.05, 3.63) is 70.6 Å². The van der Waals surface area contributed by atoms with Crippen LogP contribution in [0.3, 0.4) is 0 Å². The predicted molar refractivity (Wildman–Crippen MR) is 85.9 cm³/mol. The Bertz CT molecular complexity index is 825. The van der Waals surface area contributed by atoms with Crippen LogP contribution in [0.2, 0.25) is 0 Å². The van der Waals surface area contributed by atoms with E-state index in [1.54, 1.807) is 19.2 Å². The number of methoxy groups -OCH3 is 1. The van der Waals surface area contributed by atoms with E-state index in [0.717, 1.165) is 11.3 Å². The molecule has 1 aromatic heterocycles. The lowest BCUT2D eigenvalue weighted by atomic mass is 10.2. The Balaban J connectivity index is 1.64. The fourth-order valence-corrected chi connectivity index (χ4v) is 2.06. The summed E-state index contributed by atoms with van der Waals surface area (Å²) in [6.45, 7) is 0.206. The second-order valence-electron chi connectivity index (χ2n) is 4.91. The Morgan fingerprint density at radius 2 is 1.75 bits per heavy atom. The smallest absolute Gasteiger partial charge is 0.269 e. The van der Waals surface area contributed by atoms with Gasteiger partial charge in [-0.1, -0.05) is 0 Å². The zero-order chi connectivity index (χ0) is 16.9. The van der Waals surface area contributed by atoms with Crippen LogP contribution in [-0.2, 0) is 6.61 Å². The van der Waals surface area contributed by atoms with E-state index in [9.17, 15) is 10.1 Å². The maximum Gasteiger partial charge on any atom is 0.269 e. The van der Waals surface area contributed by atoms with Crippen LogP contribution >= 0.6 is 0 Å². The molecule has 0 radical (unpaired) electrons. The highest BCUT2D eigenvalue weighted by molar-refractivity contribution is 5.54. The molecule has 2 aromatic carbocycles. The molecule has 24 heavy (non-hydrogen) atoms. The number of benzene rings is 2. The molecule has 7 heteroatoms. The fourth-order valence-electron chi connectivity index (χ4n) is 2.06. The zero-order valence-corrected chi connectivity index (χ0v) is 12.8. The van der Waals surface area contributed by atoms with Crippen molar-refractivity contribution in [2.45, 2.75) is 6.61 Å². The van der Waals surface area contributed by atoms with Gasteiger partial charge in [0.1, 0.15) is 30.1 Å². The Morgan fingerprint density at radius 3 is 2.38 bits per heavy atom. The topological polar surface area (TPSA) is 87.6 Å². The number of rotatable bonds is 6. The lowest BCUT2D eigenvalue weighted by molar-refractivity contribution is -0.384. The Hall–Kier alpha value is -3.35. The van der Waals surface area contributed by atoms with Crippen molar-refractivity contribution in [2.24, 2.45) is 0 Å². The third-order valence-electron chi connectivity index (χ3n) is 3.32. The van der Waals surface area contributed by atoms with Crippen LogP contribution in [-0.4, -0.2) is 17.0 Å². The van der Waals surface area contributed by atoms with Gasteiger partial charge in [0, 0.05) is 17.7 Å². The Kier molecular flexibility index (Phi) is 4.42. The number of aromatic nitrogens is 1. The fraction of sp³-hybridized carbons (Fsp3) is 0.118. The van der Waals surface area contributed by atoms with Gasteiger partial charge in [0.25, 0.3) is 5.69 Å². The molecular formula is C17H14N2O5. The molecule has 0 atom stereocenters. The summed E-state index contributed by atoms with van der Waals surface area (Å²) in [5, 5.41) is 10.6. The largest absolute Gasteiger partial charge is 0.497 e. The summed E-state index contributed by atoms with van der Waals surface area (Å²) >= 11 is 0. The minimum absolute atomic E-state index is 0.0191. The van der Waals surface area contributed by atoms with Gasteiger partial charge in [0.2, 0.25) is 5.89 Å². The number of nitrogens with zero attached hydrogens (tertiary/aromatic N) is 2. The van der Waals surface area contributed by atoms with Crippen molar-refractivity contribution in [3.8, 4) is 23.0 Å². The third kappa shape index (κ3) is 3.52. The second-order valence-corrected chi connectivity index (χ2v) is 4.91. The molecule has 0 amide bonds. The third-order valence-corrected chi connectivity index (χ3v) is 3.32. The van der Waals surface area contributed by atoms with Gasteiger partial charge in [-0.15, -0.1) is 0 Å². The van der Waals surface area contributed by atoms with Crippen LogP contribution in [0.1, 0.15) is 5.69 Å². The predicted octanol–water partition coefficient (Wildman–Crippen LogP) is 3.84. The van der Waals surface area contributed by atoms with Crippen LogP contribution in [0.25, 0.3) is 11.5 Å². The maximum atomic E-state index is 10.6. The summed E-state index contributed by atoms with van der Waals surface area (Å²) in [6.07, 6.45) is 1.52. The van der Waals surface area contributed by atoms with Gasteiger partial charge in [0.15, 0.2) is 0 Å². The molecule has 0 aliphatic heterocycles. The van der Waals surface area contributed by atoms with Crippen molar-refractivity contribution in [2.75, 3.05) is 7.11 Å². The summed E-state index contributed by atoms with van der Waals surface area (Å²) in [5.74, 6) is 1.77. The summed E-state index contributed by atoms with van der Waals surface area (Å²) in [4.78, 5) is 14.5. The normalized spacial score (nSPS) is 10.4. The van der Waals surface area contributed by atoms with Gasteiger partial charge >= 0.3 is 0 Å². The lowest BCUT2D eigenvalue weighted by Gasteiger charge is -2.03. The van der Waals surface area contributed by atoms with Gasteiger partial charge in [-0.05, 0) is 36.4 Å². The maximum absolute atomic E-state index is 10.6. The molecule has 0 bridgehead atoms. The number of oxazole rings is 1. The van der Waals surface area contributed by atoms with Crippen molar-refractivity contribution in [3.63, 3.8) is 0 Å². The Labute approximate surface area is 137 Å². The quantitative estimate of drug-likeness (QED) is 0.505. The highest BCUT2D eigenvalue weighted by atomic mass is 16.6. The Morgan fingerprint density at radius 1 is 1.08 bits per heavy atom. The van der Waals surface area contributed by atoms with Crippen LogP contribution in [0.5, 0.6) is 11.5 Å². The summed E-state index contributed by atoms with van der Waals surface area (Å²) in [7, 11) is 1.60. The average molecular weight is 326 g/mol. The monoisotopic (exact) mass is 326 g/mol. The van der Waals surface area contributed by atoms with Crippen LogP contribution in [0, 0.1) is 10.1 Å². The zero-order valence-electron chi connectivity index (χ0n) is 12.8. The number of nitro benzene ring substituents is 1. The molecule has 0 N–H and O–H groups in total. The van der Waals surface area contributed by atoms with Gasteiger partial charge < -0.3 is 13.9 Å². The van der Waals surface area contributed by atoms with Crippen molar-refractivity contribution < 1.29 is 18.8 Å². The van der Waals surface area contributed by atoms with E-state index in [2.05, 4.69) is 4.98 Å². The standard InChI is InChI=1S/C17H14N2O5/c1-22-15-6-2-12(3-7-15)17-18-13(11-24-17)10-23-16-8-4-14(5-9-16)19(20)21/h2-9,11H,10H2,1H3. The minimum atomic E-state index is -0.456. The summed E-state index contributed by atoms with van der Waals surface area (Å²) < 4.78 is 16.1. The molecule has 0 fully saturated rings. The number of non-ortho nitro benzene ring substituents is 1. The highest BCUT2D eigenvalue weighted by Gasteiger charge is 2.09. The summed E-state index contributed by atoms with van der Waals surface area (Å²) in [6, 6.07) is 13.2. The first-order valence-electron chi connectivity index (χ1n) is 7.12. The van der Waals surface area contributed by atoms with Crippen LogP contribution in [0.4, 0.5) is 5.69 Å². The van der Waals surface area contributed by atoms with E-state index in [1.807, 2.05) is 24.3 Å². The number of hydrogen-bond acceptors (Lipinski definition) is 6. The highest BCUT2D eigenvalue weighted by Crippen LogP contribution is 2.23.